The molecule has 0 aliphatic heterocycles. The number of carbonyl (C=O) groups is 1. The predicted molar refractivity (Wildman–Crippen MR) is 67.8 cm³/mol. The van der Waals surface area contributed by atoms with E-state index in [0.717, 1.165) is 13.0 Å². The Hall–Kier alpha value is -1.51. The van der Waals surface area contributed by atoms with Gasteiger partial charge in [-0.15, -0.1) is 0 Å². The number of rotatable bonds is 5. The van der Waals surface area contributed by atoms with Crippen LogP contribution in [0.3, 0.4) is 0 Å². The third kappa shape index (κ3) is 3.93. The fraction of sp³-hybridized carbons (Fsp3) is 0.462. The van der Waals surface area contributed by atoms with Crippen LogP contribution in [-0.4, -0.2) is 26.0 Å². The van der Waals surface area contributed by atoms with E-state index >= 15 is 0 Å². The largest absolute Gasteiger partial charge is 0.375 e. The summed E-state index contributed by atoms with van der Waals surface area (Å²) >= 11 is 0. The number of benzene rings is 1. The summed E-state index contributed by atoms with van der Waals surface area (Å²) in [5.74, 6) is 0.0295. The van der Waals surface area contributed by atoms with Crippen molar-refractivity contribution in [1.82, 2.24) is 5.32 Å². The Morgan fingerprint density at radius 2 is 2.19 bits per heavy atom. The zero-order chi connectivity index (χ0) is 12.0. The number of hydrogen-bond acceptors (Lipinski definition) is 2. The van der Waals surface area contributed by atoms with Crippen LogP contribution in [0.1, 0.15) is 19.4 Å². The monoisotopic (exact) mass is 220 g/mol. The van der Waals surface area contributed by atoms with Gasteiger partial charge in [-0.2, -0.15) is 0 Å². The molecule has 0 saturated carbocycles. The van der Waals surface area contributed by atoms with Gasteiger partial charge in [0, 0.05) is 32.7 Å². The lowest BCUT2D eigenvalue weighted by molar-refractivity contribution is -0.118. The molecule has 3 heteroatoms. The van der Waals surface area contributed by atoms with Gasteiger partial charge in [0.05, 0.1) is 0 Å². The SMILES string of the molecule is CCN(C)c1cccc(CCNC(C)=O)c1. The molecule has 88 valence electrons. The maximum absolute atomic E-state index is 10.7. The van der Waals surface area contributed by atoms with E-state index in [4.69, 9.17) is 0 Å². The maximum Gasteiger partial charge on any atom is 0.216 e. The highest BCUT2D eigenvalue weighted by atomic mass is 16.1. The van der Waals surface area contributed by atoms with Gasteiger partial charge in [-0.25, -0.2) is 0 Å². The van der Waals surface area contributed by atoms with Crippen molar-refractivity contribution in [2.45, 2.75) is 20.3 Å². The average Bonchev–Trinajstić information content (AvgIpc) is 2.28. The molecule has 1 N–H and O–H groups in total. The van der Waals surface area contributed by atoms with E-state index in [-0.39, 0.29) is 5.91 Å². The number of anilines is 1. The average molecular weight is 220 g/mol. The molecule has 3 nitrogen and oxygen atoms in total. The van der Waals surface area contributed by atoms with Crippen LogP contribution >= 0.6 is 0 Å². The number of hydrogen-bond donors (Lipinski definition) is 1. The molecule has 16 heavy (non-hydrogen) atoms. The van der Waals surface area contributed by atoms with Crippen molar-refractivity contribution in [2.24, 2.45) is 0 Å². The lowest BCUT2D eigenvalue weighted by Crippen LogP contribution is -2.22. The highest BCUT2D eigenvalue weighted by Crippen LogP contribution is 2.14. The quantitative estimate of drug-likeness (QED) is 0.821. The highest BCUT2D eigenvalue weighted by molar-refractivity contribution is 5.72. The molecule has 1 rings (SSSR count). The molecule has 0 bridgehead atoms. The first kappa shape index (κ1) is 12.6. The first-order valence-electron chi connectivity index (χ1n) is 5.68. The van der Waals surface area contributed by atoms with Crippen LogP contribution in [0.5, 0.6) is 0 Å². The van der Waals surface area contributed by atoms with Crippen molar-refractivity contribution in [3.05, 3.63) is 29.8 Å². The Balaban J connectivity index is 2.57. The Labute approximate surface area is 97.5 Å². The minimum Gasteiger partial charge on any atom is -0.375 e. The third-order valence-corrected chi connectivity index (χ3v) is 2.61. The van der Waals surface area contributed by atoms with E-state index in [9.17, 15) is 4.79 Å². The third-order valence-electron chi connectivity index (χ3n) is 2.61. The van der Waals surface area contributed by atoms with Gasteiger partial charge in [-0.3, -0.25) is 4.79 Å². The first-order valence-corrected chi connectivity index (χ1v) is 5.68. The molecule has 0 aliphatic carbocycles. The van der Waals surface area contributed by atoms with Crippen molar-refractivity contribution < 1.29 is 4.79 Å². The van der Waals surface area contributed by atoms with Gasteiger partial charge < -0.3 is 10.2 Å². The van der Waals surface area contributed by atoms with Crippen LogP contribution in [0.4, 0.5) is 5.69 Å². The smallest absolute Gasteiger partial charge is 0.216 e. The van der Waals surface area contributed by atoms with E-state index in [1.165, 1.54) is 11.3 Å². The van der Waals surface area contributed by atoms with E-state index in [2.05, 4.69) is 48.5 Å². The summed E-state index contributed by atoms with van der Waals surface area (Å²) in [4.78, 5) is 12.9. The van der Waals surface area contributed by atoms with Crippen LogP contribution in [0.15, 0.2) is 24.3 Å². The molecule has 0 unspecified atom stereocenters. The van der Waals surface area contributed by atoms with Crippen molar-refractivity contribution in [1.29, 1.82) is 0 Å². The van der Waals surface area contributed by atoms with Crippen molar-refractivity contribution in [2.75, 3.05) is 25.0 Å². The molecule has 0 aromatic heterocycles. The van der Waals surface area contributed by atoms with Crippen LogP contribution in [0, 0.1) is 0 Å². The molecule has 0 aliphatic rings. The second kappa shape index (κ2) is 6.16. The van der Waals surface area contributed by atoms with Gasteiger partial charge >= 0.3 is 0 Å². The summed E-state index contributed by atoms with van der Waals surface area (Å²) in [6.45, 7) is 5.37. The fourth-order valence-corrected chi connectivity index (χ4v) is 1.51. The first-order chi connectivity index (χ1) is 7.63. The molecule has 1 amide bonds. The number of carbonyl (C=O) groups excluding carboxylic acids is 1. The summed E-state index contributed by atoms with van der Waals surface area (Å²) in [6.07, 6.45) is 0.880. The normalized spacial score (nSPS) is 9.94. The maximum atomic E-state index is 10.7. The van der Waals surface area contributed by atoms with Crippen LogP contribution in [-0.2, 0) is 11.2 Å². The van der Waals surface area contributed by atoms with E-state index in [0.29, 0.717) is 6.54 Å². The van der Waals surface area contributed by atoms with Crippen LogP contribution in [0.25, 0.3) is 0 Å². The predicted octanol–water partition coefficient (Wildman–Crippen LogP) is 1.82. The summed E-state index contributed by atoms with van der Waals surface area (Å²) in [5, 5.41) is 2.80. The van der Waals surface area contributed by atoms with E-state index in [1.807, 2.05) is 0 Å². The number of nitrogens with one attached hydrogen (secondary N) is 1. The topological polar surface area (TPSA) is 32.3 Å². The van der Waals surface area contributed by atoms with Crippen molar-refractivity contribution >= 4 is 11.6 Å². The molecule has 0 atom stereocenters. The lowest BCUT2D eigenvalue weighted by Gasteiger charge is -2.17. The van der Waals surface area contributed by atoms with Gasteiger partial charge in [-0.05, 0) is 31.0 Å². The lowest BCUT2D eigenvalue weighted by atomic mass is 10.1. The molecule has 0 radical (unpaired) electrons. The van der Waals surface area contributed by atoms with Gasteiger partial charge in [0.15, 0.2) is 0 Å². The van der Waals surface area contributed by atoms with Crippen molar-refractivity contribution in [3.8, 4) is 0 Å². The Morgan fingerprint density at radius 1 is 1.44 bits per heavy atom. The molecule has 1 aromatic rings. The highest BCUT2D eigenvalue weighted by Gasteiger charge is 2.00. The molecule has 0 heterocycles. The standard InChI is InChI=1S/C13H20N2O/c1-4-15(3)13-7-5-6-12(10-13)8-9-14-11(2)16/h5-7,10H,4,8-9H2,1-3H3,(H,14,16). The van der Waals surface area contributed by atoms with Gasteiger partial charge in [0.25, 0.3) is 0 Å². The molecular weight excluding hydrogens is 200 g/mol. The minimum atomic E-state index is 0.0295. The summed E-state index contributed by atoms with van der Waals surface area (Å²) in [7, 11) is 2.08. The molecule has 0 spiro atoms. The Morgan fingerprint density at radius 3 is 2.81 bits per heavy atom. The number of amides is 1. The van der Waals surface area contributed by atoms with Crippen LogP contribution in [0.2, 0.25) is 0 Å². The van der Waals surface area contributed by atoms with Gasteiger partial charge in [0.2, 0.25) is 5.91 Å². The summed E-state index contributed by atoms with van der Waals surface area (Å²) in [5.41, 5.74) is 2.48. The minimum absolute atomic E-state index is 0.0295. The van der Waals surface area contributed by atoms with E-state index in [1.54, 1.807) is 6.92 Å². The molecular formula is C13H20N2O. The molecule has 0 saturated heterocycles. The Kier molecular flexibility index (Phi) is 4.83. The fourth-order valence-electron chi connectivity index (χ4n) is 1.51. The van der Waals surface area contributed by atoms with E-state index < -0.39 is 0 Å². The van der Waals surface area contributed by atoms with Crippen molar-refractivity contribution in [3.63, 3.8) is 0 Å². The Bertz CT molecular complexity index is 350. The molecule has 1 aromatic carbocycles. The second-order valence-electron chi connectivity index (χ2n) is 3.92. The zero-order valence-electron chi connectivity index (χ0n) is 10.3. The van der Waals surface area contributed by atoms with Crippen LogP contribution < -0.4 is 10.2 Å². The second-order valence-corrected chi connectivity index (χ2v) is 3.92. The summed E-state index contributed by atoms with van der Waals surface area (Å²) in [6, 6.07) is 8.43. The molecule has 0 fully saturated rings. The number of nitrogens with zero attached hydrogens (tertiary/aromatic N) is 1. The van der Waals surface area contributed by atoms with Gasteiger partial charge in [-0.1, -0.05) is 12.1 Å². The van der Waals surface area contributed by atoms with Gasteiger partial charge in [0.1, 0.15) is 0 Å². The summed E-state index contributed by atoms with van der Waals surface area (Å²) < 4.78 is 0. The zero-order valence-corrected chi connectivity index (χ0v) is 10.3.